The van der Waals surface area contributed by atoms with Gasteiger partial charge in [-0.15, -0.1) is 0 Å². The molecule has 0 unspecified atom stereocenters. The highest BCUT2D eigenvalue weighted by Gasteiger charge is 2.21. The van der Waals surface area contributed by atoms with Crippen molar-refractivity contribution in [1.29, 1.82) is 10.7 Å². The summed E-state index contributed by atoms with van der Waals surface area (Å²) in [6.07, 6.45) is 3.06. The van der Waals surface area contributed by atoms with Crippen LogP contribution in [0.3, 0.4) is 0 Å². The van der Waals surface area contributed by atoms with Gasteiger partial charge in [0, 0.05) is 29.9 Å². The van der Waals surface area contributed by atoms with Crippen LogP contribution in [0.15, 0.2) is 77.0 Å². The molecule has 0 amide bonds. The molecule has 4 rings (SSSR count). The van der Waals surface area contributed by atoms with Crippen LogP contribution in [0.5, 0.6) is 11.5 Å². The SMILES string of the molecule is COc1ccc(CNC2=NC(c3cccc(C#N)c3)=CC(=N)/C2=N\NCc2ncccc2F)c(OC)c1. The van der Waals surface area contributed by atoms with Gasteiger partial charge in [0.15, 0.2) is 11.5 Å². The number of hydrogen-bond donors (Lipinski definition) is 3. The molecular weight excluding hydrogens is 473 g/mol. The van der Waals surface area contributed by atoms with E-state index in [-0.39, 0.29) is 23.7 Å². The summed E-state index contributed by atoms with van der Waals surface area (Å²) in [5.74, 6) is 1.16. The lowest BCUT2D eigenvalue weighted by Crippen LogP contribution is -2.38. The molecule has 1 aromatic heterocycles. The lowest BCUT2D eigenvalue weighted by molar-refractivity contribution is 0.390. The molecular formula is C27H24FN7O2. The first-order valence-electron chi connectivity index (χ1n) is 11.3. The number of hydrogen-bond acceptors (Lipinski definition) is 9. The summed E-state index contributed by atoms with van der Waals surface area (Å²) < 4.78 is 24.7. The molecule has 0 spiro atoms. The third kappa shape index (κ3) is 5.97. The molecule has 3 aromatic rings. The van der Waals surface area contributed by atoms with E-state index < -0.39 is 5.82 Å². The average molecular weight is 498 g/mol. The molecule has 3 N–H and O–H groups in total. The Morgan fingerprint density at radius 1 is 1.08 bits per heavy atom. The Labute approximate surface area is 213 Å². The summed E-state index contributed by atoms with van der Waals surface area (Å²) in [5.41, 5.74) is 5.83. The molecule has 2 heterocycles. The van der Waals surface area contributed by atoms with Gasteiger partial charge < -0.3 is 20.2 Å². The van der Waals surface area contributed by atoms with Crippen LogP contribution in [0.25, 0.3) is 5.70 Å². The topological polar surface area (TPSA) is 128 Å². The molecule has 1 aliphatic rings. The molecule has 0 saturated heterocycles. The van der Waals surface area contributed by atoms with Crippen LogP contribution in [0.4, 0.5) is 4.39 Å². The fourth-order valence-electron chi connectivity index (χ4n) is 3.59. The Hall–Kier alpha value is -5.04. The highest BCUT2D eigenvalue weighted by atomic mass is 19.1. The minimum absolute atomic E-state index is 0.0316. The number of nitrogens with one attached hydrogen (secondary N) is 3. The highest BCUT2D eigenvalue weighted by molar-refractivity contribution is 6.71. The molecule has 1 aliphatic heterocycles. The number of pyridine rings is 1. The molecule has 0 radical (unpaired) electrons. The lowest BCUT2D eigenvalue weighted by Gasteiger charge is -2.19. The van der Waals surface area contributed by atoms with E-state index in [1.165, 1.54) is 18.3 Å². The zero-order valence-electron chi connectivity index (χ0n) is 20.2. The molecule has 0 aliphatic carbocycles. The van der Waals surface area contributed by atoms with Crippen molar-refractivity contribution in [1.82, 2.24) is 15.7 Å². The summed E-state index contributed by atoms with van der Waals surface area (Å²) in [4.78, 5) is 8.70. The Bertz CT molecular complexity index is 1460. The number of methoxy groups -OCH3 is 2. The van der Waals surface area contributed by atoms with Gasteiger partial charge in [-0.2, -0.15) is 10.4 Å². The van der Waals surface area contributed by atoms with E-state index in [2.05, 4.69) is 26.9 Å². The minimum atomic E-state index is -0.452. The molecule has 0 atom stereocenters. The largest absolute Gasteiger partial charge is 0.497 e. The van der Waals surface area contributed by atoms with Crippen LogP contribution in [-0.4, -0.2) is 36.5 Å². The maximum atomic E-state index is 14.0. The number of ether oxygens (including phenoxy) is 2. The van der Waals surface area contributed by atoms with Gasteiger partial charge in [0.1, 0.15) is 17.3 Å². The molecule has 2 aromatic carbocycles. The second-order valence-corrected chi connectivity index (χ2v) is 7.85. The van der Waals surface area contributed by atoms with E-state index in [0.717, 1.165) is 5.56 Å². The first kappa shape index (κ1) is 25.1. The molecule has 10 heteroatoms. The predicted molar refractivity (Wildman–Crippen MR) is 139 cm³/mol. The number of aromatic nitrogens is 1. The van der Waals surface area contributed by atoms with Gasteiger partial charge in [-0.25, -0.2) is 9.38 Å². The first-order chi connectivity index (χ1) is 18.0. The van der Waals surface area contributed by atoms with Gasteiger partial charge in [0.25, 0.3) is 0 Å². The van der Waals surface area contributed by atoms with Gasteiger partial charge in [0.05, 0.1) is 49.5 Å². The molecule has 0 fully saturated rings. The second kappa shape index (κ2) is 11.6. The van der Waals surface area contributed by atoms with Crippen LogP contribution < -0.4 is 20.2 Å². The number of allylic oxidation sites excluding steroid dienone is 1. The molecule has 37 heavy (non-hydrogen) atoms. The first-order valence-corrected chi connectivity index (χ1v) is 11.3. The number of nitriles is 1. The average Bonchev–Trinajstić information content (AvgIpc) is 2.93. The zero-order chi connectivity index (χ0) is 26.2. The lowest BCUT2D eigenvalue weighted by atomic mass is 10.0. The Balaban J connectivity index is 1.63. The summed E-state index contributed by atoms with van der Waals surface area (Å²) in [6.45, 7) is 0.350. The van der Waals surface area contributed by atoms with Gasteiger partial charge >= 0.3 is 0 Å². The van der Waals surface area contributed by atoms with Crippen LogP contribution in [-0.2, 0) is 13.1 Å². The van der Waals surface area contributed by atoms with Crippen molar-refractivity contribution in [2.45, 2.75) is 13.1 Å². The predicted octanol–water partition coefficient (Wildman–Crippen LogP) is 3.82. The van der Waals surface area contributed by atoms with Crippen molar-refractivity contribution in [2.24, 2.45) is 10.1 Å². The van der Waals surface area contributed by atoms with Gasteiger partial charge in [0.2, 0.25) is 0 Å². The van der Waals surface area contributed by atoms with E-state index in [4.69, 9.17) is 19.9 Å². The monoisotopic (exact) mass is 497 g/mol. The fourth-order valence-corrected chi connectivity index (χ4v) is 3.59. The van der Waals surface area contributed by atoms with Crippen LogP contribution in [0.1, 0.15) is 22.4 Å². The van der Waals surface area contributed by atoms with E-state index in [1.807, 2.05) is 18.2 Å². The maximum absolute atomic E-state index is 14.0. The van der Waals surface area contributed by atoms with Crippen molar-refractivity contribution in [3.8, 4) is 17.6 Å². The number of rotatable bonds is 8. The minimum Gasteiger partial charge on any atom is -0.497 e. The van der Waals surface area contributed by atoms with Crippen molar-refractivity contribution >= 4 is 23.0 Å². The fraction of sp³-hybridized carbons (Fsp3) is 0.148. The molecule has 186 valence electrons. The maximum Gasteiger partial charge on any atom is 0.156 e. The van der Waals surface area contributed by atoms with E-state index in [0.29, 0.717) is 40.7 Å². The Kier molecular flexibility index (Phi) is 7.85. The van der Waals surface area contributed by atoms with E-state index in [9.17, 15) is 9.65 Å². The van der Waals surface area contributed by atoms with Crippen molar-refractivity contribution in [3.63, 3.8) is 0 Å². The third-order valence-electron chi connectivity index (χ3n) is 5.49. The summed E-state index contributed by atoms with van der Waals surface area (Å²) in [6, 6.07) is 17.4. The summed E-state index contributed by atoms with van der Waals surface area (Å²) >= 11 is 0. The zero-order valence-corrected chi connectivity index (χ0v) is 20.2. The molecule has 0 bridgehead atoms. The number of nitrogens with zero attached hydrogens (tertiary/aromatic N) is 4. The van der Waals surface area contributed by atoms with Gasteiger partial charge in [-0.05, 0) is 42.5 Å². The van der Waals surface area contributed by atoms with Crippen molar-refractivity contribution in [2.75, 3.05) is 14.2 Å². The summed E-state index contributed by atoms with van der Waals surface area (Å²) in [5, 5.41) is 25.5. The smallest absolute Gasteiger partial charge is 0.156 e. The standard InChI is InChI=1S/C27H24FN7O2/c1-36-20-9-8-19(25(12-20)37-2)15-32-27-26(35-33-16-24-21(28)7-4-10-31-24)22(30)13-23(34-27)18-6-3-5-17(11-18)14-29/h3-13,30,33H,15-16H2,1-2H3,(H,32,34)/b30-22?,35-26+. The number of amidine groups is 1. The Morgan fingerprint density at radius 2 is 1.95 bits per heavy atom. The quantitative estimate of drug-likeness (QED) is 0.406. The Morgan fingerprint density at radius 3 is 2.70 bits per heavy atom. The highest BCUT2D eigenvalue weighted by Crippen LogP contribution is 2.25. The third-order valence-corrected chi connectivity index (χ3v) is 5.49. The van der Waals surface area contributed by atoms with Gasteiger partial charge in [-0.1, -0.05) is 12.1 Å². The number of benzene rings is 2. The summed E-state index contributed by atoms with van der Waals surface area (Å²) in [7, 11) is 3.15. The van der Waals surface area contributed by atoms with Crippen molar-refractivity contribution < 1.29 is 13.9 Å². The van der Waals surface area contributed by atoms with Crippen LogP contribution >= 0.6 is 0 Å². The number of hydrazone groups is 1. The molecule has 0 saturated carbocycles. The van der Waals surface area contributed by atoms with Crippen molar-refractivity contribution in [3.05, 3.63) is 95.1 Å². The van der Waals surface area contributed by atoms with E-state index >= 15 is 0 Å². The second-order valence-electron chi connectivity index (χ2n) is 7.85. The van der Waals surface area contributed by atoms with E-state index in [1.54, 1.807) is 44.6 Å². The van der Waals surface area contributed by atoms with Gasteiger partial charge in [-0.3, -0.25) is 10.4 Å². The van der Waals surface area contributed by atoms with Crippen LogP contribution in [0, 0.1) is 22.6 Å². The molecule has 9 nitrogen and oxygen atoms in total. The number of halogens is 1. The van der Waals surface area contributed by atoms with Crippen LogP contribution in [0.2, 0.25) is 0 Å². The number of aliphatic imine (C=N–C) groups is 1. The normalized spacial score (nSPS) is 13.9.